The summed E-state index contributed by atoms with van der Waals surface area (Å²) in [5.41, 5.74) is -0.138. The van der Waals surface area contributed by atoms with Crippen LogP contribution in [0.4, 0.5) is 37.0 Å². The smallest absolute Gasteiger partial charge is 0.449 e. The molecule has 0 aliphatic carbocycles. The molecular formula is C17H23ClF6N8O6S2. The number of nitrogens with one attached hydrogen (secondary N) is 2. The van der Waals surface area contributed by atoms with Crippen LogP contribution in [0.1, 0.15) is 11.5 Å². The van der Waals surface area contributed by atoms with Crippen LogP contribution < -0.4 is 10.0 Å². The van der Waals surface area contributed by atoms with Gasteiger partial charge in [0, 0.05) is 32.7 Å². The largest absolute Gasteiger partial charge is 0.465 e. The number of piperazine rings is 1. The number of amidine groups is 2. The highest BCUT2D eigenvalue weighted by molar-refractivity contribution is 7.92. The molecule has 23 heteroatoms. The number of amides is 1. The topological polar surface area (TPSA) is 179 Å². The number of fused-ring (bicyclic) bond motifs is 2. The molecule has 3 aliphatic rings. The Morgan fingerprint density at radius 1 is 1.07 bits per heavy atom. The molecule has 0 aromatic carbocycles. The third-order valence-corrected chi connectivity index (χ3v) is 6.44. The molecule has 0 spiro atoms. The summed E-state index contributed by atoms with van der Waals surface area (Å²) in [6, 6.07) is -0.773. The van der Waals surface area contributed by atoms with Crippen molar-refractivity contribution in [3.63, 3.8) is 0 Å². The van der Waals surface area contributed by atoms with Crippen LogP contribution in [0.3, 0.4) is 0 Å². The van der Waals surface area contributed by atoms with Gasteiger partial charge in [0.15, 0.2) is 11.7 Å². The number of nitrogens with zero attached hydrogens (tertiary/aromatic N) is 6. The Balaban J connectivity index is 0.000000276. The molecule has 1 unspecified atom stereocenters. The molecule has 3 aliphatic heterocycles. The van der Waals surface area contributed by atoms with Gasteiger partial charge < -0.3 is 24.8 Å². The molecule has 3 N–H and O–H groups in total. The summed E-state index contributed by atoms with van der Waals surface area (Å²) in [5, 5.41) is 11.8. The molecule has 0 bridgehead atoms. The maximum atomic E-state index is 12.9. The number of sulfonamides is 2. The minimum absolute atomic E-state index is 0. The number of anilines is 1. The lowest BCUT2D eigenvalue weighted by atomic mass is 10.2. The number of imidazole rings is 1. The number of rotatable bonds is 3. The maximum Gasteiger partial charge on any atom is 0.449 e. The molecule has 1 fully saturated rings. The fourth-order valence-electron chi connectivity index (χ4n) is 3.92. The Hall–Kier alpha value is -2.85. The van der Waals surface area contributed by atoms with Crippen molar-refractivity contribution in [3.05, 3.63) is 11.5 Å². The van der Waals surface area contributed by atoms with Gasteiger partial charge in [0.1, 0.15) is 6.04 Å². The summed E-state index contributed by atoms with van der Waals surface area (Å²) >= 11 is 0. The van der Waals surface area contributed by atoms with E-state index in [2.05, 4.69) is 19.7 Å². The summed E-state index contributed by atoms with van der Waals surface area (Å²) < 4.78 is 127. The summed E-state index contributed by atoms with van der Waals surface area (Å²) in [6.07, 6.45) is -9.09. The van der Waals surface area contributed by atoms with Gasteiger partial charge in [0.2, 0.25) is 21.7 Å². The van der Waals surface area contributed by atoms with E-state index in [4.69, 9.17) is 5.11 Å². The third-order valence-electron chi connectivity index (χ3n) is 5.36. The number of carboxylic acid groups (broad SMARTS) is 1. The molecule has 1 saturated heterocycles. The lowest BCUT2D eigenvalue weighted by Gasteiger charge is -2.32. The molecule has 1 atom stereocenters. The lowest BCUT2D eigenvalue weighted by molar-refractivity contribution is -0.147. The Morgan fingerprint density at radius 2 is 1.70 bits per heavy atom. The highest BCUT2D eigenvalue weighted by Gasteiger charge is 2.48. The van der Waals surface area contributed by atoms with Gasteiger partial charge >= 0.3 is 18.4 Å². The van der Waals surface area contributed by atoms with Crippen molar-refractivity contribution in [3.8, 4) is 0 Å². The van der Waals surface area contributed by atoms with E-state index in [-0.39, 0.29) is 56.7 Å². The van der Waals surface area contributed by atoms with E-state index in [1.54, 1.807) is 0 Å². The molecule has 40 heavy (non-hydrogen) atoms. The van der Waals surface area contributed by atoms with Crippen molar-refractivity contribution in [2.24, 2.45) is 9.39 Å². The summed E-state index contributed by atoms with van der Waals surface area (Å²) in [6.45, 7) is -0.0771. The Morgan fingerprint density at radius 3 is 2.20 bits per heavy atom. The molecule has 14 nitrogen and oxygen atoms in total. The predicted molar refractivity (Wildman–Crippen MR) is 131 cm³/mol. The number of halogens is 7. The van der Waals surface area contributed by atoms with Crippen molar-refractivity contribution < 1.29 is 53.1 Å². The molecule has 4 rings (SSSR count). The Labute approximate surface area is 229 Å². The first kappa shape index (κ1) is 33.4. The van der Waals surface area contributed by atoms with Crippen LogP contribution in [0.15, 0.2) is 9.39 Å². The summed E-state index contributed by atoms with van der Waals surface area (Å²) in [5.74, 6) is -3.14. The average Bonchev–Trinajstić information content (AvgIpc) is 3.30. The monoisotopic (exact) mass is 648 g/mol. The van der Waals surface area contributed by atoms with E-state index in [0.29, 0.717) is 6.54 Å². The quantitative estimate of drug-likeness (QED) is 0.400. The first-order valence-corrected chi connectivity index (χ1v) is 14.5. The fourth-order valence-corrected chi connectivity index (χ4v) is 4.94. The average molecular weight is 649 g/mol. The van der Waals surface area contributed by atoms with Crippen molar-refractivity contribution >= 4 is 56.0 Å². The third kappa shape index (κ3) is 8.10. The second kappa shape index (κ2) is 11.6. The molecule has 228 valence electrons. The number of aromatic nitrogens is 2. The van der Waals surface area contributed by atoms with E-state index in [0.717, 1.165) is 26.9 Å². The molecule has 4 heterocycles. The Bertz CT molecular complexity index is 1410. The highest BCUT2D eigenvalue weighted by atomic mass is 35.5. The first-order valence-electron chi connectivity index (χ1n) is 10.7. The van der Waals surface area contributed by atoms with Gasteiger partial charge in [-0.05, 0) is 0 Å². The van der Waals surface area contributed by atoms with Crippen molar-refractivity contribution in [2.45, 2.75) is 31.5 Å². The van der Waals surface area contributed by atoms with Crippen LogP contribution >= 0.6 is 12.4 Å². The van der Waals surface area contributed by atoms with Gasteiger partial charge in [-0.2, -0.15) is 26.3 Å². The van der Waals surface area contributed by atoms with Crippen LogP contribution in [0.25, 0.3) is 0 Å². The second-order valence-corrected chi connectivity index (χ2v) is 11.9. The van der Waals surface area contributed by atoms with Gasteiger partial charge in [-0.15, -0.1) is 16.8 Å². The van der Waals surface area contributed by atoms with Gasteiger partial charge in [-0.1, -0.05) is 0 Å². The normalized spacial score (nSPS) is 20.6. The zero-order valence-electron chi connectivity index (χ0n) is 20.5. The number of carbonyl (C=O) groups is 1. The van der Waals surface area contributed by atoms with Crippen molar-refractivity contribution in [1.29, 1.82) is 0 Å². The van der Waals surface area contributed by atoms with Crippen LogP contribution in [0, 0.1) is 0 Å². The standard InChI is InChI=1S/C9H11F3N4O4S.C8H11F3N4O2S.ClH/c1-21(19,20)14-6-5-4-15(8(17)18)2-3-16(5)7(13-6)9(10,11)12;1-18(16,17)14-6-5-4-12-2-3-15(5)7(13-6)8(9,10)11;/h14H,2-4H2,1H3,(H,17,18);5,12H,2-4H2,1H3;1H. The number of hydrogen-bond acceptors (Lipinski definition) is 8. The minimum Gasteiger partial charge on any atom is -0.465 e. The minimum atomic E-state index is -4.77. The van der Waals surface area contributed by atoms with Crippen LogP contribution in [-0.4, -0.2) is 110 Å². The van der Waals surface area contributed by atoms with E-state index >= 15 is 0 Å². The van der Waals surface area contributed by atoms with Gasteiger partial charge in [-0.3, -0.25) is 4.72 Å². The number of alkyl halides is 6. The van der Waals surface area contributed by atoms with Crippen molar-refractivity contribution in [2.75, 3.05) is 43.4 Å². The SMILES string of the molecule is CS(=O)(=O)N=C1N=C(C(F)(F)F)N2CCNCC12.CS(=O)(=O)Nc1nc(C(F)(F)F)n2c1CN(C(=O)O)CC2.Cl. The summed E-state index contributed by atoms with van der Waals surface area (Å²) in [7, 11) is -7.61. The van der Waals surface area contributed by atoms with Gasteiger partial charge in [-0.25, -0.2) is 31.6 Å². The lowest BCUT2D eigenvalue weighted by Crippen LogP contribution is -2.55. The number of aliphatic imine (C=N–C) groups is 1. The summed E-state index contributed by atoms with van der Waals surface area (Å²) in [4.78, 5) is 19.4. The van der Waals surface area contributed by atoms with E-state index in [9.17, 15) is 48.0 Å². The van der Waals surface area contributed by atoms with Gasteiger partial charge in [0.25, 0.3) is 10.0 Å². The van der Waals surface area contributed by atoms with Gasteiger partial charge in [0.05, 0.1) is 24.8 Å². The van der Waals surface area contributed by atoms with Crippen molar-refractivity contribution in [1.82, 2.24) is 24.7 Å². The Kier molecular flexibility index (Phi) is 9.64. The van der Waals surface area contributed by atoms with E-state index < -0.39 is 62.0 Å². The highest BCUT2D eigenvalue weighted by Crippen LogP contribution is 2.34. The predicted octanol–water partition coefficient (Wildman–Crippen LogP) is 0.782. The zero-order valence-corrected chi connectivity index (χ0v) is 22.9. The molecule has 0 saturated carbocycles. The fraction of sp³-hybridized carbons (Fsp3) is 0.647. The molecule has 1 amide bonds. The number of hydrogen-bond donors (Lipinski definition) is 3. The molecular weight excluding hydrogens is 626 g/mol. The second-order valence-electron chi connectivity index (χ2n) is 8.49. The van der Waals surface area contributed by atoms with Crippen LogP contribution in [-0.2, 0) is 39.3 Å². The van der Waals surface area contributed by atoms with Crippen LogP contribution in [0.5, 0.6) is 0 Å². The molecule has 1 aromatic rings. The van der Waals surface area contributed by atoms with E-state index in [1.807, 2.05) is 4.72 Å². The molecule has 1 aromatic heterocycles. The zero-order chi connectivity index (χ0) is 29.6. The molecule has 0 radical (unpaired) electrons. The van der Waals surface area contributed by atoms with Crippen LogP contribution in [0.2, 0.25) is 0 Å². The first-order chi connectivity index (χ1) is 17.7. The van der Waals surface area contributed by atoms with E-state index in [1.165, 1.54) is 0 Å². The maximum absolute atomic E-state index is 12.9.